The number of morpholine rings is 1. The second-order valence-electron chi connectivity index (χ2n) is 5.33. The summed E-state index contributed by atoms with van der Waals surface area (Å²) in [4.78, 5) is 0. The summed E-state index contributed by atoms with van der Waals surface area (Å²) in [6.07, 6.45) is 0. The van der Waals surface area contributed by atoms with Crippen LogP contribution in [0.4, 0.5) is 0 Å². The van der Waals surface area contributed by atoms with Crippen molar-refractivity contribution in [3.05, 3.63) is 47.3 Å². The van der Waals surface area contributed by atoms with Crippen LogP contribution in [0.3, 0.4) is 0 Å². The number of aromatic nitrogens is 2. The highest BCUT2D eigenvalue weighted by Gasteiger charge is 2.15. The maximum Gasteiger partial charge on any atom is 0.0648 e. The van der Waals surface area contributed by atoms with Crippen molar-refractivity contribution in [3.63, 3.8) is 0 Å². The standard InChI is InChI=1S/C16H22N4O/c1-13-16(12-17-19-8-10-21-11-9-19)14(2)20(18-13)15-6-4-3-5-7-15/h3-7,17H,8-12H2,1-2H3. The zero-order valence-electron chi connectivity index (χ0n) is 12.7. The zero-order valence-corrected chi connectivity index (χ0v) is 12.7. The SMILES string of the molecule is Cc1nn(-c2ccccc2)c(C)c1CNN1CCOCC1. The fourth-order valence-corrected chi connectivity index (χ4v) is 2.66. The molecule has 0 atom stereocenters. The van der Waals surface area contributed by atoms with Gasteiger partial charge in [0.25, 0.3) is 0 Å². The van der Waals surface area contributed by atoms with Gasteiger partial charge in [0.1, 0.15) is 0 Å². The van der Waals surface area contributed by atoms with Crippen LogP contribution in [0.1, 0.15) is 17.0 Å². The fourth-order valence-electron chi connectivity index (χ4n) is 2.66. The Bertz CT molecular complexity index is 588. The summed E-state index contributed by atoms with van der Waals surface area (Å²) in [6, 6.07) is 10.3. The van der Waals surface area contributed by atoms with Gasteiger partial charge < -0.3 is 4.74 Å². The number of hydrogen-bond donors (Lipinski definition) is 1. The van der Waals surface area contributed by atoms with E-state index in [1.165, 1.54) is 11.3 Å². The minimum atomic E-state index is 0.800. The Hall–Kier alpha value is -1.69. The van der Waals surface area contributed by atoms with Gasteiger partial charge in [-0.3, -0.25) is 5.43 Å². The van der Waals surface area contributed by atoms with Crippen molar-refractivity contribution >= 4 is 0 Å². The number of nitrogens with zero attached hydrogens (tertiary/aromatic N) is 3. The van der Waals surface area contributed by atoms with Gasteiger partial charge in [-0.25, -0.2) is 9.69 Å². The minimum Gasteiger partial charge on any atom is -0.379 e. The van der Waals surface area contributed by atoms with Crippen molar-refractivity contribution in [2.24, 2.45) is 0 Å². The van der Waals surface area contributed by atoms with E-state index in [4.69, 9.17) is 4.74 Å². The van der Waals surface area contributed by atoms with Crippen molar-refractivity contribution in [1.29, 1.82) is 0 Å². The first-order chi connectivity index (χ1) is 10.3. The van der Waals surface area contributed by atoms with Gasteiger partial charge in [0, 0.05) is 30.9 Å². The highest BCUT2D eigenvalue weighted by Crippen LogP contribution is 2.17. The molecule has 112 valence electrons. The van der Waals surface area contributed by atoms with Crippen LogP contribution < -0.4 is 5.43 Å². The number of ether oxygens (including phenoxy) is 1. The average Bonchev–Trinajstić information content (AvgIpc) is 2.82. The molecule has 21 heavy (non-hydrogen) atoms. The van der Waals surface area contributed by atoms with E-state index in [2.05, 4.69) is 41.5 Å². The monoisotopic (exact) mass is 286 g/mol. The molecule has 1 aromatic carbocycles. The molecule has 1 N–H and O–H groups in total. The second-order valence-corrected chi connectivity index (χ2v) is 5.33. The molecular weight excluding hydrogens is 264 g/mol. The van der Waals surface area contributed by atoms with Gasteiger partial charge in [0.2, 0.25) is 0 Å². The lowest BCUT2D eigenvalue weighted by Gasteiger charge is -2.27. The van der Waals surface area contributed by atoms with Gasteiger partial charge in [0.05, 0.1) is 24.6 Å². The molecule has 1 aliphatic heterocycles. The average molecular weight is 286 g/mol. The predicted molar refractivity (Wildman–Crippen MR) is 82.3 cm³/mol. The van der Waals surface area contributed by atoms with Crippen LogP contribution in [0.15, 0.2) is 30.3 Å². The number of para-hydroxylation sites is 1. The highest BCUT2D eigenvalue weighted by atomic mass is 16.5. The molecule has 2 aromatic rings. The molecule has 0 radical (unpaired) electrons. The van der Waals surface area contributed by atoms with Crippen LogP contribution in [0.5, 0.6) is 0 Å². The summed E-state index contributed by atoms with van der Waals surface area (Å²) in [5, 5.41) is 6.90. The second kappa shape index (κ2) is 6.39. The largest absolute Gasteiger partial charge is 0.379 e. The summed E-state index contributed by atoms with van der Waals surface area (Å²) in [6.45, 7) is 8.48. The summed E-state index contributed by atoms with van der Waals surface area (Å²) < 4.78 is 7.38. The van der Waals surface area contributed by atoms with E-state index in [0.717, 1.165) is 44.2 Å². The molecule has 5 heteroatoms. The maximum absolute atomic E-state index is 5.36. The number of hydrazine groups is 1. The third-order valence-electron chi connectivity index (χ3n) is 3.93. The Labute approximate surface area is 125 Å². The van der Waals surface area contributed by atoms with Crippen LogP contribution in [0.25, 0.3) is 5.69 Å². The van der Waals surface area contributed by atoms with E-state index in [0.29, 0.717) is 0 Å². The topological polar surface area (TPSA) is 42.3 Å². The van der Waals surface area contributed by atoms with Crippen molar-refractivity contribution in [2.75, 3.05) is 26.3 Å². The molecule has 2 heterocycles. The van der Waals surface area contributed by atoms with E-state index in [1.807, 2.05) is 22.9 Å². The number of hydrogen-bond acceptors (Lipinski definition) is 4. The molecule has 1 aromatic heterocycles. The summed E-state index contributed by atoms with van der Waals surface area (Å²) in [5.74, 6) is 0. The minimum absolute atomic E-state index is 0.800. The smallest absolute Gasteiger partial charge is 0.0648 e. The summed E-state index contributed by atoms with van der Waals surface area (Å²) in [7, 11) is 0. The van der Waals surface area contributed by atoms with Crippen LogP contribution in [-0.4, -0.2) is 41.1 Å². The number of nitrogens with one attached hydrogen (secondary N) is 1. The van der Waals surface area contributed by atoms with Gasteiger partial charge in [-0.15, -0.1) is 0 Å². The molecule has 0 aliphatic carbocycles. The maximum atomic E-state index is 5.36. The molecule has 0 bridgehead atoms. The van der Waals surface area contributed by atoms with Crippen LogP contribution in [0, 0.1) is 13.8 Å². The van der Waals surface area contributed by atoms with Crippen LogP contribution in [-0.2, 0) is 11.3 Å². The quantitative estimate of drug-likeness (QED) is 0.931. The van der Waals surface area contributed by atoms with E-state index in [9.17, 15) is 0 Å². The first-order valence-electron chi connectivity index (χ1n) is 7.42. The fraction of sp³-hybridized carbons (Fsp3) is 0.438. The molecule has 1 fully saturated rings. The lowest BCUT2D eigenvalue weighted by atomic mass is 10.2. The van der Waals surface area contributed by atoms with Crippen molar-refractivity contribution in [1.82, 2.24) is 20.2 Å². The van der Waals surface area contributed by atoms with Gasteiger partial charge in [-0.2, -0.15) is 5.10 Å². The highest BCUT2D eigenvalue weighted by molar-refractivity contribution is 5.36. The zero-order chi connectivity index (χ0) is 14.7. The molecule has 0 spiro atoms. The molecule has 0 saturated carbocycles. The molecule has 1 saturated heterocycles. The van der Waals surface area contributed by atoms with E-state index in [-0.39, 0.29) is 0 Å². The number of benzene rings is 1. The van der Waals surface area contributed by atoms with Crippen molar-refractivity contribution in [2.45, 2.75) is 20.4 Å². The third kappa shape index (κ3) is 3.15. The first kappa shape index (κ1) is 14.3. The van der Waals surface area contributed by atoms with Gasteiger partial charge in [-0.05, 0) is 26.0 Å². The van der Waals surface area contributed by atoms with Crippen molar-refractivity contribution in [3.8, 4) is 5.69 Å². The van der Waals surface area contributed by atoms with Crippen LogP contribution >= 0.6 is 0 Å². The Morgan fingerprint density at radius 2 is 1.86 bits per heavy atom. The number of rotatable bonds is 4. The lowest BCUT2D eigenvalue weighted by molar-refractivity contribution is 0.0105. The molecular formula is C16H22N4O. The van der Waals surface area contributed by atoms with E-state index < -0.39 is 0 Å². The molecule has 1 aliphatic rings. The summed E-state index contributed by atoms with van der Waals surface area (Å²) >= 11 is 0. The Balaban J connectivity index is 1.75. The Morgan fingerprint density at radius 1 is 1.14 bits per heavy atom. The third-order valence-corrected chi connectivity index (χ3v) is 3.93. The molecule has 0 amide bonds. The number of aryl methyl sites for hydroxylation is 1. The van der Waals surface area contributed by atoms with Crippen LogP contribution in [0.2, 0.25) is 0 Å². The summed E-state index contributed by atoms with van der Waals surface area (Å²) in [5.41, 5.74) is 8.13. The Kier molecular flexibility index (Phi) is 4.34. The Morgan fingerprint density at radius 3 is 2.57 bits per heavy atom. The van der Waals surface area contributed by atoms with Crippen molar-refractivity contribution < 1.29 is 4.74 Å². The van der Waals surface area contributed by atoms with Gasteiger partial charge in [0.15, 0.2) is 0 Å². The normalized spacial score (nSPS) is 16.3. The van der Waals surface area contributed by atoms with E-state index in [1.54, 1.807) is 0 Å². The predicted octanol–water partition coefficient (Wildman–Crippen LogP) is 1.83. The van der Waals surface area contributed by atoms with Gasteiger partial charge in [-0.1, -0.05) is 18.2 Å². The lowest BCUT2D eigenvalue weighted by Crippen LogP contribution is -2.45. The first-order valence-corrected chi connectivity index (χ1v) is 7.42. The molecule has 5 nitrogen and oxygen atoms in total. The molecule has 3 rings (SSSR count). The van der Waals surface area contributed by atoms with E-state index >= 15 is 0 Å². The molecule has 0 unspecified atom stereocenters. The van der Waals surface area contributed by atoms with Gasteiger partial charge >= 0.3 is 0 Å².